The maximum absolute atomic E-state index is 10.8. The number of aldehydes is 1. The number of hydrogen-bond acceptors (Lipinski definition) is 6. The highest BCUT2D eigenvalue weighted by molar-refractivity contribution is 5.94. The quantitative estimate of drug-likeness (QED) is 0.473. The second kappa shape index (κ2) is 7.43. The normalized spacial score (nSPS) is 11.2. The zero-order chi connectivity index (χ0) is 20.5. The molecule has 0 unspecified atom stereocenters. The lowest BCUT2D eigenvalue weighted by atomic mass is 9.95. The van der Waals surface area contributed by atoms with Crippen molar-refractivity contribution in [2.45, 2.75) is 19.8 Å². The van der Waals surface area contributed by atoms with Crippen LogP contribution in [-0.2, 0) is 0 Å². The predicted molar refractivity (Wildman–Crippen MR) is 110 cm³/mol. The number of H-pyrrole nitrogens is 1. The van der Waals surface area contributed by atoms with E-state index in [0.717, 1.165) is 27.7 Å². The van der Waals surface area contributed by atoms with Crippen LogP contribution in [0.3, 0.4) is 0 Å². The van der Waals surface area contributed by atoms with E-state index in [1.165, 1.54) is 5.56 Å². The number of nitrogens with one attached hydrogen (secondary N) is 1. The summed E-state index contributed by atoms with van der Waals surface area (Å²) in [6.45, 7) is 4.30. The Morgan fingerprint density at radius 1 is 1.00 bits per heavy atom. The molecule has 2 aromatic carbocycles. The van der Waals surface area contributed by atoms with Crippen LogP contribution in [0.2, 0.25) is 0 Å². The van der Waals surface area contributed by atoms with E-state index in [4.69, 9.17) is 13.9 Å². The Balaban J connectivity index is 1.89. The van der Waals surface area contributed by atoms with Crippen LogP contribution in [0.25, 0.3) is 33.6 Å². The van der Waals surface area contributed by atoms with Gasteiger partial charge in [0.1, 0.15) is 0 Å². The summed E-state index contributed by atoms with van der Waals surface area (Å²) in [4.78, 5) is 14.4. The molecule has 1 N–H and O–H groups in total. The van der Waals surface area contributed by atoms with Gasteiger partial charge in [0.05, 0.1) is 19.9 Å². The summed E-state index contributed by atoms with van der Waals surface area (Å²) in [6.07, 6.45) is 0.542. The molecule has 29 heavy (non-hydrogen) atoms. The third kappa shape index (κ3) is 3.24. The van der Waals surface area contributed by atoms with E-state index in [1.807, 2.05) is 36.4 Å². The van der Waals surface area contributed by atoms with E-state index < -0.39 is 0 Å². The SMILES string of the molecule is COc1ccc(-c2[nH]c3ccc(-c4nnc(C=O)o4)cc3c2C(C)C)cc1OC. The van der Waals surface area contributed by atoms with Gasteiger partial charge in [-0.1, -0.05) is 13.8 Å². The smallest absolute Gasteiger partial charge is 0.280 e. The molecule has 148 valence electrons. The lowest BCUT2D eigenvalue weighted by Crippen LogP contribution is -1.93. The average Bonchev–Trinajstić information content (AvgIpc) is 3.37. The van der Waals surface area contributed by atoms with E-state index in [-0.39, 0.29) is 11.8 Å². The van der Waals surface area contributed by atoms with E-state index in [2.05, 4.69) is 29.0 Å². The van der Waals surface area contributed by atoms with Gasteiger partial charge < -0.3 is 18.9 Å². The number of methoxy groups -OCH3 is 2. The molecule has 0 aliphatic carbocycles. The minimum Gasteiger partial charge on any atom is -0.493 e. The first-order valence-corrected chi connectivity index (χ1v) is 9.22. The summed E-state index contributed by atoms with van der Waals surface area (Å²) < 4.78 is 16.2. The lowest BCUT2D eigenvalue weighted by molar-refractivity contribution is 0.109. The topological polar surface area (TPSA) is 90.2 Å². The Labute approximate surface area is 167 Å². The fourth-order valence-electron chi connectivity index (χ4n) is 3.56. The van der Waals surface area contributed by atoms with Gasteiger partial charge in [-0.25, -0.2) is 0 Å². The molecular weight excluding hydrogens is 370 g/mol. The molecule has 2 heterocycles. The molecule has 0 spiro atoms. The molecule has 7 heteroatoms. The van der Waals surface area contributed by atoms with Crippen LogP contribution < -0.4 is 9.47 Å². The first kappa shape index (κ1) is 18.7. The highest BCUT2D eigenvalue weighted by Crippen LogP contribution is 2.39. The number of carbonyl (C=O) groups is 1. The van der Waals surface area contributed by atoms with Gasteiger partial charge in [0, 0.05) is 22.0 Å². The summed E-state index contributed by atoms with van der Waals surface area (Å²) in [5, 5.41) is 8.74. The van der Waals surface area contributed by atoms with Crippen molar-refractivity contribution in [3.05, 3.63) is 47.9 Å². The number of benzene rings is 2. The molecule has 0 aliphatic heterocycles. The zero-order valence-corrected chi connectivity index (χ0v) is 16.6. The largest absolute Gasteiger partial charge is 0.493 e. The average molecular weight is 391 g/mol. The molecular formula is C22H21N3O4. The molecule has 0 saturated carbocycles. The molecule has 0 radical (unpaired) electrons. The zero-order valence-electron chi connectivity index (χ0n) is 16.6. The Morgan fingerprint density at radius 3 is 2.41 bits per heavy atom. The third-order valence-electron chi connectivity index (χ3n) is 4.88. The van der Waals surface area contributed by atoms with Crippen LogP contribution in [0, 0.1) is 0 Å². The monoisotopic (exact) mass is 391 g/mol. The maximum Gasteiger partial charge on any atom is 0.280 e. The molecule has 0 amide bonds. The number of fused-ring (bicyclic) bond motifs is 1. The van der Waals surface area contributed by atoms with Crippen molar-refractivity contribution in [1.82, 2.24) is 15.2 Å². The predicted octanol–water partition coefficient (Wildman–Crippen LogP) is 4.84. The van der Waals surface area contributed by atoms with E-state index >= 15 is 0 Å². The van der Waals surface area contributed by atoms with Crippen molar-refractivity contribution < 1.29 is 18.7 Å². The van der Waals surface area contributed by atoms with Gasteiger partial charge in [0.2, 0.25) is 12.2 Å². The van der Waals surface area contributed by atoms with E-state index in [0.29, 0.717) is 23.7 Å². The van der Waals surface area contributed by atoms with E-state index in [1.54, 1.807) is 14.2 Å². The van der Waals surface area contributed by atoms with Crippen molar-refractivity contribution in [3.63, 3.8) is 0 Å². The van der Waals surface area contributed by atoms with Crippen molar-refractivity contribution in [3.8, 4) is 34.2 Å². The molecule has 4 rings (SSSR count). The Kier molecular flexibility index (Phi) is 4.80. The number of hydrogen-bond donors (Lipinski definition) is 1. The van der Waals surface area contributed by atoms with Gasteiger partial charge in [0.25, 0.3) is 5.89 Å². The highest BCUT2D eigenvalue weighted by atomic mass is 16.5. The Morgan fingerprint density at radius 2 is 1.76 bits per heavy atom. The number of ether oxygens (including phenoxy) is 2. The summed E-state index contributed by atoms with van der Waals surface area (Å²) in [5.74, 6) is 1.89. The second-order valence-electron chi connectivity index (χ2n) is 6.96. The van der Waals surface area contributed by atoms with Gasteiger partial charge in [-0.2, -0.15) is 0 Å². The third-order valence-corrected chi connectivity index (χ3v) is 4.88. The van der Waals surface area contributed by atoms with Crippen LogP contribution in [0.1, 0.15) is 36.0 Å². The fraction of sp³-hybridized carbons (Fsp3) is 0.227. The van der Waals surface area contributed by atoms with Gasteiger partial charge in [-0.05, 0) is 47.9 Å². The number of aromatic amines is 1. The van der Waals surface area contributed by atoms with Gasteiger partial charge in [0.15, 0.2) is 11.5 Å². The van der Waals surface area contributed by atoms with Crippen LogP contribution in [0.15, 0.2) is 40.8 Å². The summed E-state index contributed by atoms with van der Waals surface area (Å²) >= 11 is 0. The number of carbonyl (C=O) groups excluding carboxylic acids is 1. The summed E-state index contributed by atoms with van der Waals surface area (Å²) in [6, 6.07) is 11.7. The van der Waals surface area contributed by atoms with Crippen LogP contribution in [0.5, 0.6) is 11.5 Å². The lowest BCUT2D eigenvalue weighted by Gasteiger charge is -2.12. The number of aromatic nitrogens is 3. The molecule has 0 aliphatic rings. The number of rotatable bonds is 6. The van der Waals surface area contributed by atoms with Gasteiger partial charge in [-0.3, -0.25) is 4.79 Å². The highest BCUT2D eigenvalue weighted by Gasteiger charge is 2.19. The Hall–Kier alpha value is -3.61. The van der Waals surface area contributed by atoms with Crippen molar-refractivity contribution in [1.29, 1.82) is 0 Å². The minimum atomic E-state index is -0.0377. The van der Waals surface area contributed by atoms with Crippen molar-refractivity contribution in [2.24, 2.45) is 0 Å². The molecule has 2 aromatic heterocycles. The minimum absolute atomic E-state index is 0.0377. The van der Waals surface area contributed by atoms with Crippen molar-refractivity contribution in [2.75, 3.05) is 14.2 Å². The second-order valence-corrected chi connectivity index (χ2v) is 6.96. The standard InChI is InChI=1S/C22H21N3O4/c1-12(2)20-15-9-14(22-25-24-19(11-26)29-22)5-7-16(15)23-21(20)13-6-8-17(27-3)18(10-13)28-4/h5-12,23H,1-4H3. The van der Waals surface area contributed by atoms with Crippen molar-refractivity contribution >= 4 is 17.2 Å². The fourth-order valence-corrected chi connectivity index (χ4v) is 3.56. The van der Waals surface area contributed by atoms with Gasteiger partial charge >= 0.3 is 0 Å². The van der Waals surface area contributed by atoms with Crippen LogP contribution >= 0.6 is 0 Å². The first-order chi connectivity index (χ1) is 14.0. The molecule has 0 saturated heterocycles. The van der Waals surface area contributed by atoms with Crippen LogP contribution in [-0.4, -0.2) is 35.7 Å². The maximum atomic E-state index is 10.8. The molecule has 0 atom stereocenters. The summed E-state index contributed by atoms with van der Waals surface area (Å²) in [7, 11) is 3.25. The summed E-state index contributed by atoms with van der Waals surface area (Å²) in [5.41, 5.74) is 4.96. The molecule has 0 bridgehead atoms. The molecule has 4 aromatic rings. The van der Waals surface area contributed by atoms with E-state index in [9.17, 15) is 4.79 Å². The first-order valence-electron chi connectivity index (χ1n) is 9.22. The van der Waals surface area contributed by atoms with Crippen LogP contribution in [0.4, 0.5) is 0 Å². The Bertz CT molecular complexity index is 1190. The molecule has 0 fully saturated rings. The van der Waals surface area contributed by atoms with Gasteiger partial charge in [-0.15, -0.1) is 10.2 Å². The number of nitrogens with zero attached hydrogens (tertiary/aromatic N) is 2. The molecule has 7 nitrogen and oxygen atoms in total.